The molecule has 0 radical (unpaired) electrons. The van der Waals surface area contributed by atoms with Crippen LogP contribution in [-0.2, 0) is 6.54 Å². The zero-order valence-electron chi connectivity index (χ0n) is 12.1. The van der Waals surface area contributed by atoms with Gasteiger partial charge in [0.15, 0.2) is 0 Å². The van der Waals surface area contributed by atoms with Crippen molar-refractivity contribution in [1.82, 2.24) is 35.8 Å². The van der Waals surface area contributed by atoms with Crippen molar-refractivity contribution in [2.45, 2.75) is 13.0 Å². The van der Waals surface area contributed by atoms with Crippen molar-refractivity contribution in [2.75, 3.05) is 31.1 Å². The maximum Gasteiger partial charge on any atom is 0.271 e. The fourth-order valence-electron chi connectivity index (χ4n) is 2.25. The lowest BCUT2D eigenvalue weighted by molar-refractivity contribution is 0.0944. The van der Waals surface area contributed by atoms with Crippen LogP contribution in [0.1, 0.15) is 22.7 Å². The van der Waals surface area contributed by atoms with Gasteiger partial charge in [-0.2, -0.15) is 5.10 Å². The van der Waals surface area contributed by atoms with Crippen LogP contribution >= 0.6 is 0 Å². The molecule has 1 aliphatic rings. The first-order valence-corrected chi connectivity index (χ1v) is 7.23. The number of hydrogen-bond acceptors (Lipinski definition) is 7. The van der Waals surface area contributed by atoms with Crippen molar-refractivity contribution >= 4 is 11.7 Å². The molecule has 116 valence electrons. The van der Waals surface area contributed by atoms with Crippen LogP contribution in [0.15, 0.2) is 18.7 Å². The number of aromatic amines is 1. The van der Waals surface area contributed by atoms with Gasteiger partial charge in [0.05, 0.1) is 18.9 Å². The molecule has 9 nitrogen and oxygen atoms in total. The summed E-state index contributed by atoms with van der Waals surface area (Å²) in [6.07, 6.45) is 5.62. The van der Waals surface area contributed by atoms with Gasteiger partial charge in [-0.3, -0.25) is 9.89 Å². The normalized spacial score (nSPS) is 15.4. The molecule has 0 unspecified atom stereocenters. The van der Waals surface area contributed by atoms with Crippen LogP contribution < -0.4 is 15.5 Å². The standard InChI is InChI=1S/C13H18N8O/c22-13(17-7-11-18-9-19-20-11)10-6-16-12(8-15-10)21-4-1-2-14-3-5-21/h6,8-9,14H,1-5,7H2,(H,17,22)(H,18,19,20). The Kier molecular flexibility index (Phi) is 4.54. The van der Waals surface area contributed by atoms with Gasteiger partial charge in [0.2, 0.25) is 0 Å². The van der Waals surface area contributed by atoms with Crippen LogP contribution in [0.2, 0.25) is 0 Å². The number of rotatable bonds is 4. The number of hydrogen-bond donors (Lipinski definition) is 3. The fourth-order valence-corrected chi connectivity index (χ4v) is 2.25. The Bertz CT molecular complexity index is 589. The van der Waals surface area contributed by atoms with Crippen molar-refractivity contribution < 1.29 is 4.79 Å². The highest BCUT2D eigenvalue weighted by molar-refractivity contribution is 5.91. The Balaban J connectivity index is 1.59. The molecule has 0 bridgehead atoms. The van der Waals surface area contributed by atoms with Gasteiger partial charge in [0.25, 0.3) is 5.91 Å². The van der Waals surface area contributed by atoms with E-state index in [0.29, 0.717) is 5.82 Å². The van der Waals surface area contributed by atoms with Gasteiger partial charge in [-0.25, -0.2) is 15.0 Å². The molecule has 0 saturated carbocycles. The summed E-state index contributed by atoms with van der Waals surface area (Å²) >= 11 is 0. The van der Waals surface area contributed by atoms with Gasteiger partial charge in [0.1, 0.15) is 23.7 Å². The molecule has 0 aliphatic carbocycles. The highest BCUT2D eigenvalue weighted by atomic mass is 16.1. The number of H-pyrrole nitrogens is 1. The fraction of sp³-hybridized carbons (Fsp3) is 0.462. The minimum atomic E-state index is -0.284. The molecular formula is C13H18N8O. The van der Waals surface area contributed by atoms with Gasteiger partial charge in [-0.05, 0) is 13.0 Å². The average molecular weight is 302 g/mol. The number of anilines is 1. The molecule has 2 aromatic heterocycles. The van der Waals surface area contributed by atoms with E-state index in [9.17, 15) is 4.79 Å². The van der Waals surface area contributed by atoms with Crippen molar-refractivity contribution in [1.29, 1.82) is 0 Å². The van der Waals surface area contributed by atoms with Crippen LogP contribution in [0, 0.1) is 0 Å². The number of carbonyl (C=O) groups is 1. The highest BCUT2D eigenvalue weighted by Crippen LogP contribution is 2.10. The first kappa shape index (κ1) is 14.4. The lowest BCUT2D eigenvalue weighted by atomic mass is 10.3. The molecule has 22 heavy (non-hydrogen) atoms. The van der Waals surface area contributed by atoms with Crippen molar-refractivity contribution in [3.8, 4) is 0 Å². The first-order valence-electron chi connectivity index (χ1n) is 7.23. The average Bonchev–Trinajstić information content (AvgIpc) is 2.93. The number of amides is 1. The van der Waals surface area contributed by atoms with E-state index in [1.165, 1.54) is 12.5 Å². The number of nitrogens with one attached hydrogen (secondary N) is 3. The molecular weight excluding hydrogens is 284 g/mol. The molecule has 2 aromatic rings. The Hall–Kier alpha value is -2.55. The summed E-state index contributed by atoms with van der Waals surface area (Å²) in [6.45, 7) is 4.07. The van der Waals surface area contributed by atoms with Crippen LogP contribution in [0.5, 0.6) is 0 Å². The van der Waals surface area contributed by atoms with E-state index in [1.807, 2.05) is 0 Å². The van der Waals surface area contributed by atoms with E-state index in [-0.39, 0.29) is 18.1 Å². The quantitative estimate of drug-likeness (QED) is 0.686. The second kappa shape index (κ2) is 6.94. The van der Waals surface area contributed by atoms with E-state index in [2.05, 4.69) is 40.7 Å². The Labute approximate surface area is 127 Å². The molecule has 3 rings (SSSR count). The smallest absolute Gasteiger partial charge is 0.271 e. The Morgan fingerprint density at radius 1 is 1.23 bits per heavy atom. The van der Waals surface area contributed by atoms with Gasteiger partial charge >= 0.3 is 0 Å². The minimum absolute atomic E-state index is 0.278. The zero-order valence-corrected chi connectivity index (χ0v) is 12.1. The van der Waals surface area contributed by atoms with Crippen LogP contribution in [0.3, 0.4) is 0 Å². The first-order chi connectivity index (χ1) is 10.8. The van der Waals surface area contributed by atoms with Gasteiger partial charge in [0, 0.05) is 19.6 Å². The van der Waals surface area contributed by atoms with Crippen molar-refractivity contribution in [3.63, 3.8) is 0 Å². The Morgan fingerprint density at radius 2 is 2.18 bits per heavy atom. The lowest BCUT2D eigenvalue weighted by Crippen LogP contribution is -2.29. The number of aromatic nitrogens is 5. The molecule has 1 aliphatic heterocycles. The van der Waals surface area contributed by atoms with E-state index >= 15 is 0 Å². The molecule has 1 amide bonds. The summed E-state index contributed by atoms with van der Waals surface area (Å²) in [4.78, 5) is 26.6. The van der Waals surface area contributed by atoms with E-state index < -0.39 is 0 Å². The zero-order chi connectivity index (χ0) is 15.2. The third kappa shape index (κ3) is 3.55. The SMILES string of the molecule is O=C(NCc1ncn[nH]1)c1cnc(N2CCCNCC2)cn1. The predicted molar refractivity (Wildman–Crippen MR) is 79.3 cm³/mol. The maximum absolute atomic E-state index is 12.0. The largest absolute Gasteiger partial charge is 0.354 e. The molecule has 1 saturated heterocycles. The Morgan fingerprint density at radius 3 is 2.95 bits per heavy atom. The van der Waals surface area contributed by atoms with Crippen LogP contribution in [0.4, 0.5) is 5.82 Å². The molecule has 3 N–H and O–H groups in total. The van der Waals surface area contributed by atoms with E-state index in [4.69, 9.17) is 0 Å². The summed E-state index contributed by atoms with van der Waals surface area (Å²) in [6, 6.07) is 0. The molecule has 3 heterocycles. The molecule has 0 aromatic carbocycles. The number of carbonyl (C=O) groups excluding carboxylic acids is 1. The summed E-state index contributed by atoms with van der Waals surface area (Å²) in [5.41, 5.74) is 0.288. The minimum Gasteiger partial charge on any atom is -0.354 e. The lowest BCUT2D eigenvalue weighted by Gasteiger charge is -2.20. The predicted octanol–water partition coefficient (Wildman–Crippen LogP) is -0.676. The van der Waals surface area contributed by atoms with Gasteiger partial charge in [-0.1, -0.05) is 0 Å². The summed E-state index contributed by atoms with van der Waals surface area (Å²) in [7, 11) is 0. The molecule has 0 spiro atoms. The number of nitrogens with zero attached hydrogens (tertiary/aromatic N) is 5. The molecule has 0 atom stereocenters. The second-order valence-corrected chi connectivity index (χ2v) is 4.97. The monoisotopic (exact) mass is 302 g/mol. The summed E-state index contributed by atoms with van der Waals surface area (Å²) < 4.78 is 0. The van der Waals surface area contributed by atoms with Crippen LogP contribution in [0.25, 0.3) is 0 Å². The maximum atomic E-state index is 12.0. The summed E-state index contributed by atoms with van der Waals surface area (Å²) in [5.74, 6) is 1.11. The third-order valence-electron chi connectivity index (χ3n) is 3.42. The second-order valence-electron chi connectivity index (χ2n) is 4.97. The van der Waals surface area contributed by atoms with Crippen molar-refractivity contribution in [3.05, 3.63) is 30.2 Å². The summed E-state index contributed by atoms with van der Waals surface area (Å²) in [5, 5.41) is 12.4. The molecule has 1 fully saturated rings. The van der Waals surface area contributed by atoms with Crippen LogP contribution in [-0.4, -0.2) is 57.2 Å². The van der Waals surface area contributed by atoms with E-state index in [0.717, 1.165) is 38.4 Å². The highest BCUT2D eigenvalue weighted by Gasteiger charge is 2.13. The van der Waals surface area contributed by atoms with Gasteiger partial charge in [-0.15, -0.1) is 0 Å². The topological polar surface area (TPSA) is 112 Å². The van der Waals surface area contributed by atoms with Gasteiger partial charge < -0.3 is 15.5 Å². The molecule has 9 heteroatoms. The van der Waals surface area contributed by atoms with E-state index in [1.54, 1.807) is 6.20 Å². The van der Waals surface area contributed by atoms with Crippen molar-refractivity contribution in [2.24, 2.45) is 0 Å². The third-order valence-corrected chi connectivity index (χ3v) is 3.42.